The molecule has 1 aromatic rings. The van der Waals surface area contributed by atoms with Gasteiger partial charge < -0.3 is 15.4 Å². The average molecular weight is 395 g/mol. The Hall–Kier alpha value is -2.15. The number of hydrogen-bond acceptors (Lipinski definition) is 4. The number of carbonyl (C=O) groups excluding carboxylic acids is 3. The van der Waals surface area contributed by atoms with Crippen LogP contribution in [0.5, 0.6) is 0 Å². The number of nitrogens with zero attached hydrogens (tertiary/aromatic N) is 1. The van der Waals surface area contributed by atoms with E-state index in [2.05, 4.69) is 15.9 Å². The van der Waals surface area contributed by atoms with Gasteiger partial charge in [-0.2, -0.15) is 0 Å². The summed E-state index contributed by atoms with van der Waals surface area (Å²) in [6.45, 7) is 0.501. The van der Waals surface area contributed by atoms with Crippen molar-refractivity contribution in [2.24, 2.45) is 11.7 Å². The Labute approximate surface area is 148 Å². The molecule has 6 nitrogen and oxygen atoms in total. The van der Waals surface area contributed by atoms with Crippen molar-refractivity contribution in [2.45, 2.75) is 12.8 Å². The Morgan fingerprint density at radius 3 is 2.88 bits per heavy atom. The highest BCUT2D eigenvalue weighted by molar-refractivity contribution is 9.10. The summed E-state index contributed by atoms with van der Waals surface area (Å²) in [5.74, 6) is -1.63. The van der Waals surface area contributed by atoms with E-state index in [9.17, 15) is 14.4 Å². The molecule has 2 amide bonds. The van der Waals surface area contributed by atoms with Crippen molar-refractivity contribution < 1.29 is 19.1 Å². The van der Waals surface area contributed by atoms with Gasteiger partial charge in [0.25, 0.3) is 5.91 Å². The first-order valence-corrected chi connectivity index (χ1v) is 8.42. The molecule has 0 radical (unpaired) electrons. The molecule has 24 heavy (non-hydrogen) atoms. The number of rotatable bonds is 5. The van der Waals surface area contributed by atoms with Crippen molar-refractivity contribution in [2.75, 3.05) is 19.7 Å². The van der Waals surface area contributed by atoms with Gasteiger partial charge in [-0.25, -0.2) is 4.79 Å². The number of amides is 2. The van der Waals surface area contributed by atoms with Crippen LogP contribution in [0.1, 0.15) is 18.4 Å². The van der Waals surface area contributed by atoms with Crippen LogP contribution in [-0.2, 0) is 19.1 Å². The van der Waals surface area contributed by atoms with Gasteiger partial charge in [0.2, 0.25) is 5.91 Å². The molecule has 1 saturated heterocycles. The van der Waals surface area contributed by atoms with Crippen LogP contribution in [0.3, 0.4) is 0 Å². The van der Waals surface area contributed by atoms with Crippen LogP contribution in [0.2, 0.25) is 0 Å². The van der Waals surface area contributed by atoms with Gasteiger partial charge >= 0.3 is 5.97 Å². The molecule has 1 aromatic carbocycles. The zero-order valence-corrected chi connectivity index (χ0v) is 14.7. The maximum Gasteiger partial charge on any atom is 0.331 e. The fraction of sp³-hybridized carbons (Fsp3) is 0.353. The lowest BCUT2D eigenvalue weighted by Gasteiger charge is -2.30. The number of hydrogen-bond donors (Lipinski definition) is 1. The lowest BCUT2D eigenvalue weighted by atomic mass is 9.97. The molecule has 0 aromatic heterocycles. The minimum Gasteiger partial charge on any atom is -0.452 e. The Morgan fingerprint density at radius 2 is 2.17 bits per heavy atom. The zero-order valence-electron chi connectivity index (χ0n) is 13.1. The minimum absolute atomic E-state index is 0.291. The molecular formula is C17H19BrN2O4. The predicted molar refractivity (Wildman–Crippen MR) is 92.6 cm³/mol. The van der Waals surface area contributed by atoms with Crippen LogP contribution < -0.4 is 5.73 Å². The molecule has 1 atom stereocenters. The van der Waals surface area contributed by atoms with E-state index in [1.165, 1.54) is 11.0 Å². The average Bonchev–Trinajstić information content (AvgIpc) is 2.58. The van der Waals surface area contributed by atoms with Crippen LogP contribution in [-0.4, -0.2) is 42.4 Å². The van der Waals surface area contributed by atoms with Crippen molar-refractivity contribution in [3.05, 3.63) is 40.4 Å². The summed E-state index contributed by atoms with van der Waals surface area (Å²) in [6.07, 6.45) is 4.30. The second-order valence-electron chi connectivity index (χ2n) is 5.58. The molecule has 1 aliphatic heterocycles. The number of benzene rings is 1. The molecule has 2 rings (SSSR count). The molecule has 1 aliphatic rings. The number of carbonyl (C=O) groups is 3. The van der Waals surface area contributed by atoms with Gasteiger partial charge in [-0.3, -0.25) is 9.59 Å². The highest BCUT2D eigenvalue weighted by Crippen LogP contribution is 2.16. The number of esters is 1. The van der Waals surface area contributed by atoms with Gasteiger partial charge in [0.1, 0.15) is 0 Å². The maximum atomic E-state index is 12.1. The third kappa shape index (κ3) is 5.49. The first-order chi connectivity index (χ1) is 11.5. The SMILES string of the molecule is NC(=O)[C@H]1CCCN(C(=O)COC(=O)/C=C/c2cccc(Br)c2)C1. The number of nitrogens with two attached hydrogens (primary N) is 1. The fourth-order valence-corrected chi connectivity index (χ4v) is 2.90. The highest BCUT2D eigenvalue weighted by atomic mass is 79.9. The van der Waals surface area contributed by atoms with Crippen LogP contribution >= 0.6 is 15.9 Å². The number of primary amides is 1. The first kappa shape index (κ1) is 18.2. The van der Waals surface area contributed by atoms with E-state index in [1.54, 1.807) is 6.08 Å². The van der Waals surface area contributed by atoms with Crippen LogP contribution in [0.25, 0.3) is 6.08 Å². The van der Waals surface area contributed by atoms with Crippen molar-refractivity contribution in [3.8, 4) is 0 Å². The predicted octanol–water partition coefficient (Wildman–Crippen LogP) is 1.73. The van der Waals surface area contributed by atoms with Crippen LogP contribution in [0.4, 0.5) is 0 Å². The summed E-state index contributed by atoms with van der Waals surface area (Å²) in [4.78, 5) is 36.5. The number of ether oxygens (including phenoxy) is 1. The smallest absolute Gasteiger partial charge is 0.331 e. The summed E-state index contributed by atoms with van der Waals surface area (Å²) >= 11 is 3.34. The summed E-state index contributed by atoms with van der Waals surface area (Å²) in [6, 6.07) is 7.43. The first-order valence-electron chi connectivity index (χ1n) is 7.63. The van der Waals surface area contributed by atoms with Crippen LogP contribution in [0.15, 0.2) is 34.8 Å². The molecule has 128 valence electrons. The molecule has 1 fully saturated rings. The number of likely N-dealkylation sites (tertiary alicyclic amines) is 1. The van der Waals surface area contributed by atoms with E-state index >= 15 is 0 Å². The maximum absolute atomic E-state index is 12.1. The van der Waals surface area contributed by atoms with E-state index in [0.717, 1.165) is 16.5 Å². The van der Waals surface area contributed by atoms with Crippen molar-refractivity contribution in [1.29, 1.82) is 0 Å². The van der Waals surface area contributed by atoms with Gasteiger partial charge in [-0.05, 0) is 36.6 Å². The van der Waals surface area contributed by atoms with Gasteiger partial charge in [-0.15, -0.1) is 0 Å². The number of piperidine rings is 1. The standard InChI is InChI=1S/C17H19BrN2O4/c18-14-5-1-3-12(9-14)6-7-16(22)24-11-15(21)20-8-2-4-13(10-20)17(19)23/h1,3,5-7,9,13H,2,4,8,10-11H2,(H2,19,23)/b7-6+/t13-/m0/s1. The normalized spacial score (nSPS) is 17.7. The van der Waals surface area contributed by atoms with Crippen LogP contribution in [0, 0.1) is 5.92 Å². The molecular weight excluding hydrogens is 376 g/mol. The Kier molecular flexibility index (Phi) is 6.54. The second kappa shape index (κ2) is 8.63. The van der Waals surface area contributed by atoms with Crippen molar-refractivity contribution >= 4 is 39.8 Å². The summed E-state index contributed by atoms with van der Waals surface area (Å²) < 4.78 is 5.86. The molecule has 0 aliphatic carbocycles. The quantitative estimate of drug-likeness (QED) is 0.608. The summed E-state index contributed by atoms with van der Waals surface area (Å²) in [5.41, 5.74) is 6.12. The Balaban J connectivity index is 1.80. The monoisotopic (exact) mass is 394 g/mol. The minimum atomic E-state index is -0.591. The molecule has 7 heteroatoms. The summed E-state index contributed by atoms with van der Waals surface area (Å²) in [5, 5.41) is 0. The molecule has 1 heterocycles. The largest absolute Gasteiger partial charge is 0.452 e. The second-order valence-corrected chi connectivity index (χ2v) is 6.49. The highest BCUT2D eigenvalue weighted by Gasteiger charge is 2.27. The zero-order chi connectivity index (χ0) is 17.5. The number of halogens is 1. The van der Waals surface area contributed by atoms with Gasteiger partial charge in [0.05, 0.1) is 5.92 Å². The van der Waals surface area contributed by atoms with E-state index < -0.39 is 11.9 Å². The molecule has 2 N–H and O–H groups in total. The van der Waals surface area contributed by atoms with E-state index in [-0.39, 0.29) is 18.4 Å². The van der Waals surface area contributed by atoms with Crippen molar-refractivity contribution in [3.63, 3.8) is 0 Å². The molecule has 0 unspecified atom stereocenters. The summed E-state index contributed by atoms with van der Waals surface area (Å²) in [7, 11) is 0. The fourth-order valence-electron chi connectivity index (χ4n) is 2.48. The Morgan fingerprint density at radius 1 is 1.38 bits per heavy atom. The van der Waals surface area contributed by atoms with Gasteiger partial charge in [0.15, 0.2) is 6.61 Å². The molecule has 0 bridgehead atoms. The van der Waals surface area contributed by atoms with E-state index in [0.29, 0.717) is 19.5 Å². The third-order valence-corrected chi connectivity index (χ3v) is 4.27. The molecule has 0 saturated carbocycles. The van der Waals surface area contributed by atoms with Gasteiger partial charge in [-0.1, -0.05) is 28.1 Å². The van der Waals surface area contributed by atoms with Crippen molar-refractivity contribution in [1.82, 2.24) is 4.90 Å². The topological polar surface area (TPSA) is 89.7 Å². The van der Waals surface area contributed by atoms with E-state index in [1.807, 2.05) is 24.3 Å². The lowest BCUT2D eigenvalue weighted by molar-refractivity contribution is -0.149. The van der Waals surface area contributed by atoms with Gasteiger partial charge in [0, 0.05) is 23.6 Å². The lowest BCUT2D eigenvalue weighted by Crippen LogP contribution is -2.45. The molecule has 0 spiro atoms. The van der Waals surface area contributed by atoms with E-state index in [4.69, 9.17) is 10.5 Å². The third-order valence-electron chi connectivity index (χ3n) is 3.77. The Bertz CT molecular complexity index is 660.